The molecule has 0 saturated carbocycles. The van der Waals surface area contributed by atoms with Crippen molar-refractivity contribution in [2.45, 2.75) is 38.5 Å². The molecule has 5 heteroatoms. The summed E-state index contributed by atoms with van der Waals surface area (Å²) in [6.45, 7) is 7.15. The Bertz CT molecular complexity index is 654. The predicted octanol–water partition coefficient (Wildman–Crippen LogP) is 2.40. The summed E-state index contributed by atoms with van der Waals surface area (Å²) < 4.78 is 5.57. The molecule has 0 radical (unpaired) electrons. The number of aliphatic hydroxyl groups is 1. The van der Waals surface area contributed by atoms with E-state index < -0.39 is 5.60 Å². The fourth-order valence-corrected chi connectivity index (χ4v) is 3.46. The average Bonchev–Trinajstić information content (AvgIpc) is 3.17. The summed E-state index contributed by atoms with van der Waals surface area (Å²) in [5.74, 6) is 1.62. The molecule has 1 saturated heterocycles. The van der Waals surface area contributed by atoms with Gasteiger partial charge < -0.3 is 9.52 Å². The standard InChI is InChI=1S/C19H27N3O2/c1-15-11-20-18(24-15)13-21(3)17-9-10-22(12-17)14-19(2,23)16-7-5-4-6-8-16/h4-8,11,17,23H,9-10,12-14H2,1-3H3/t17-,19-/m0/s1. The highest BCUT2D eigenvalue weighted by Crippen LogP contribution is 2.25. The molecule has 130 valence electrons. The largest absolute Gasteiger partial charge is 0.445 e. The van der Waals surface area contributed by atoms with Crippen molar-refractivity contribution in [3.8, 4) is 0 Å². The lowest BCUT2D eigenvalue weighted by Gasteiger charge is -2.30. The van der Waals surface area contributed by atoms with Gasteiger partial charge in [-0.1, -0.05) is 30.3 Å². The van der Waals surface area contributed by atoms with Gasteiger partial charge >= 0.3 is 0 Å². The third-order valence-corrected chi connectivity index (χ3v) is 4.85. The van der Waals surface area contributed by atoms with E-state index in [2.05, 4.69) is 21.8 Å². The van der Waals surface area contributed by atoms with Crippen LogP contribution in [0.1, 0.15) is 30.6 Å². The molecule has 2 heterocycles. The van der Waals surface area contributed by atoms with Gasteiger partial charge in [0.15, 0.2) is 0 Å². The Morgan fingerprint density at radius 2 is 2.12 bits per heavy atom. The summed E-state index contributed by atoms with van der Waals surface area (Å²) in [5, 5.41) is 10.8. The first kappa shape index (κ1) is 17.1. The Balaban J connectivity index is 1.55. The number of rotatable bonds is 6. The van der Waals surface area contributed by atoms with Crippen molar-refractivity contribution >= 4 is 0 Å². The van der Waals surface area contributed by atoms with Crippen LogP contribution in [0.25, 0.3) is 0 Å². The van der Waals surface area contributed by atoms with Gasteiger partial charge in [-0.2, -0.15) is 0 Å². The van der Waals surface area contributed by atoms with Gasteiger partial charge in [0.05, 0.1) is 18.3 Å². The van der Waals surface area contributed by atoms with Gasteiger partial charge in [0.1, 0.15) is 5.76 Å². The van der Waals surface area contributed by atoms with E-state index in [0.717, 1.165) is 43.3 Å². The van der Waals surface area contributed by atoms with Crippen LogP contribution in [0, 0.1) is 6.92 Å². The minimum absolute atomic E-state index is 0.462. The molecule has 1 aromatic carbocycles. The molecule has 0 unspecified atom stereocenters. The van der Waals surface area contributed by atoms with Gasteiger partial charge in [0.2, 0.25) is 5.89 Å². The Morgan fingerprint density at radius 1 is 1.38 bits per heavy atom. The minimum Gasteiger partial charge on any atom is -0.445 e. The first-order chi connectivity index (χ1) is 11.4. The van der Waals surface area contributed by atoms with Crippen LogP contribution in [0.4, 0.5) is 0 Å². The predicted molar refractivity (Wildman–Crippen MR) is 93.6 cm³/mol. The Hall–Kier alpha value is -1.69. The first-order valence-corrected chi connectivity index (χ1v) is 8.56. The lowest BCUT2D eigenvalue weighted by atomic mass is 9.95. The van der Waals surface area contributed by atoms with Crippen LogP contribution >= 0.6 is 0 Å². The number of aromatic nitrogens is 1. The molecule has 1 fully saturated rings. The molecule has 1 N–H and O–H groups in total. The van der Waals surface area contributed by atoms with Gasteiger partial charge in [-0.3, -0.25) is 9.80 Å². The first-order valence-electron chi connectivity index (χ1n) is 8.56. The van der Waals surface area contributed by atoms with Gasteiger partial charge in [-0.15, -0.1) is 0 Å². The summed E-state index contributed by atoms with van der Waals surface area (Å²) in [6, 6.07) is 10.4. The second-order valence-electron chi connectivity index (χ2n) is 7.10. The summed E-state index contributed by atoms with van der Waals surface area (Å²) in [7, 11) is 2.11. The highest BCUT2D eigenvalue weighted by Gasteiger charge is 2.32. The van der Waals surface area contributed by atoms with Crippen LogP contribution < -0.4 is 0 Å². The monoisotopic (exact) mass is 329 g/mol. The van der Waals surface area contributed by atoms with E-state index in [1.54, 1.807) is 6.20 Å². The van der Waals surface area contributed by atoms with Gasteiger partial charge in [0, 0.05) is 19.1 Å². The molecule has 1 aliphatic heterocycles. The van der Waals surface area contributed by atoms with E-state index in [1.165, 1.54) is 0 Å². The summed E-state index contributed by atoms with van der Waals surface area (Å²) in [5.41, 5.74) is 0.145. The molecule has 5 nitrogen and oxygen atoms in total. The number of benzene rings is 1. The summed E-state index contributed by atoms with van der Waals surface area (Å²) in [6.07, 6.45) is 2.86. The highest BCUT2D eigenvalue weighted by atomic mass is 16.4. The Kier molecular flexibility index (Phi) is 5.04. The maximum absolute atomic E-state index is 10.8. The Morgan fingerprint density at radius 3 is 2.79 bits per heavy atom. The van der Waals surface area contributed by atoms with Crippen LogP contribution in [-0.4, -0.2) is 52.6 Å². The third-order valence-electron chi connectivity index (χ3n) is 4.85. The van der Waals surface area contributed by atoms with E-state index in [-0.39, 0.29) is 0 Å². The zero-order valence-corrected chi connectivity index (χ0v) is 14.8. The minimum atomic E-state index is -0.825. The number of nitrogens with zero attached hydrogens (tertiary/aromatic N) is 3. The molecule has 0 aliphatic carbocycles. The normalized spacial score (nSPS) is 21.3. The number of likely N-dealkylation sites (N-methyl/N-ethyl adjacent to an activating group) is 1. The van der Waals surface area contributed by atoms with Crippen LogP contribution in [0.5, 0.6) is 0 Å². The lowest BCUT2D eigenvalue weighted by molar-refractivity contribution is 0.0207. The van der Waals surface area contributed by atoms with E-state index >= 15 is 0 Å². The quantitative estimate of drug-likeness (QED) is 0.882. The van der Waals surface area contributed by atoms with Crippen molar-refractivity contribution in [2.75, 3.05) is 26.7 Å². The van der Waals surface area contributed by atoms with Gasteiger partial charge in [0.25, 0.3) is 0 Å². The summed E-state index contributed by atoms with van der Waals surface area (Å²) in [4.78, 5) is 8.92. The SMILES string of the molecule is Cc1cnc(CN(C)[C@H]2CCN(C[C@](C)(O)c3ccccc3)C2)o1. The second kappa shape index (κ2) is 7.05. The molecule has 24 heavy (non-hydrogen) atoms. The maximum atomic E-state index is 10.8. The van der Waals surface area contributed by atoms with Crippen molar-refractivity contribution in [3.05, 3.63) is 53.7 Å². The highest BCUT2D eigenvalue weighted by molar-refractivity contribution is 5.21. The average molecular weight is 329 g/mol. The van der Waals surface area contributed by atoms with Crippen molar-refractivity contribution in [3.63, 3.8) is 0 Å². The molecule has 0 bridgehead atoms. The molecule has 2 atom stereocenters. The fourth-order valence-electron chi connectivity index (χ4n) is 3.46. The second-order valence-corrected chi connectivity index (χ2v) is 7.10. The fraction of sp³-hybridized carbons (Fsp3) is 0.526. The lowest BCUT2D eigenvalue weighted by Crippen LogP contribution is -2.40. The topological polar surface area (TPSA) is 52.7 Å². The van der Waals surface area contributed by atoms with Crippen molar-refractivity contribution in [1.82, 2.24) is 14.8 Å². The maximum Gasteiger partial charge on any atom is 0.208 e. The number of hydrogen-bond donors (Lipinski definition) is 1. The molecular weight excluding hydrogens is 302 g/mol. The smallest absolute Gasteiger partial charge is 0.208 e. The van der Waals surface area contributed by atoms with Gasteiger partial charge in [-0.25, -0.2) is 4.98 Å². The molecule has 1 aliphatic rings. The molecule has 0 amide bonds. The van der Waals surface area contributed by atoms with Crippen molar-refractivity contribution in [2.24, 2.45) is 0 Å². The van der Waals surface area contributed by atoms with Crippen LogP contribution in [0.15, 0.2) is 40.9 Å². The van der Waals surface area contributed by atoms with E-state index in [4.69, 9.17) is 4.42 Å². The van der Waals surface area contributed by atoms with Gasteiger partial charge in [-0.05, 0) is 39.4 Å². The number of β-amino-alcohol motifs (C(OH)–C–C–N with tert-alkyl or cyclic N) is 1. The summed E-state index contributed by atoms with van der Waals surface area (Å²) >= 11 is 0. The number of likely N-dealkylation sites (tertiary alicyclic amines) is 1. The molecule has 1 aromatic heterocycles. The zero-order valence-electron chi connectivity index (χ0n) is 14.8. The van der Waals surface area contributed by atoms with Crippen LogP contribution in [-0.2, 0) is 12.1 Å². The van der Waals surface area contributed by atoms with E-state index in [0.29, 0.717) is 12.6 Å². The zero-order chi connectivity index (χ0) is 17.2. The number of hydrogen-bond acceptors (Lipinski definition) is 5. The molecule has 2 aromatic rings. The van der Waals surface area contributed by atoms with Crippen LogP contribution in [0.3, 0.4) is 0 Å². The molecule has 0 spiro atoms. The molecule has 3 rings (SSSR count). The van der Waals surface area contributed by atoms with Crippen LogP contribution in [0.2, 0.25) is 0 Å². The number of oxazole rings is 1. The van der Waals surface area contributed by atoms with E-state index in [9.17, 15) is 5.11 Å². The van der Waals surface area contributed by atoms with Crippen molar-refractivity contribution in [1.29, 1.82) is 0 Å². The Labute approximate surface area is 143 Å². The van der Waals surface area contributed by atoms with Crippen molar-refractivity contribution < 1.29 is 9.52 Å². The van der Waals surface area contributed by atoms with E-state index in [1.807, 2.05) is 44.2 Å². The third kappa shape index (κ3) is 4.04. The number of aryl methyl sites for hydroxylation is 1. The molecular formula is C19H27N3O2.